The van der Waals surface area contributed by atoms with Crippen LogP contribution in [0.25, 0.3) is 5.69 Å². The van der Waals surface area contributed by atoms with Crippen molar-refractivity contribution in [3.63, 3.8) is 0 Å². The van der Waals surface area contributed by atoms with E-state index in [4.69, 9.17) is 4.74 Å². The summed E-state index contributed by atoms with van der Waals surface area (Å²) in [5.41, 5.74) is 1.09. The number of aromatic nitrogens is 2. The van der Waals surface area contributed by atoms with Crippen molar-refractivity contribution in [3.05, 3.63) is 42.5 Å². The maximum Gasteiger partial charge on any atom is 0.120 e. The molecule has 1 heterocycles. The summed E-state index contributed by atoms with van der Waals surface area (Å²) < 4.78 is 7.26. The normalized spacial score (nSPS) is 10.3. The highest BCUT2D eigenvalue weighted by Gasteiger charge is 2.03. The molecule has 2 aromatic rings. The molecular formula is C12H14N2O. The minimum absolute atomic E-state index is 0.864. The van der Waals surface area contributed by atoms with Crippen LogP contribution in [0.3, 0.4) is 0 Å². The summed E-state index contributed by atoms with van der Waals surface area (Å²) in [5, 5.41) is 0. The molecule has 78 valence electrons. The second-order valence-electron chi connectivity index (χ2n) is 3.27. The van der Waals surface area contributed by atoms with Crippen LogP contribution in [-0.2, 0) is 6.42 Å². The van der Waals surface area contributed by atoms with E-state index in [2.05, 4.69) is 16.5 Å². The average Bonchev–Trinajstić information content (AvgIpc) is 2.77. The fourth-order valence-electron chi connectivity index (χ4n) is 1.59. The standard InChI is InChI=1S/C12H14N2O/c1-3-12-13-7-8-14(12)10-5-4-6-11(9-10)15-2/h4-9H,3H2,1-2H3. The van der Waals surface area contributed by atoms with Crippen molar-refractivity contribution in [1.29, 1.82) is 0 Å². The summed E-state index contributed by atoms with van der Waals surface area (Å²) in [4.78, 5) is 4.29. The van der Waals surface area contributed by atoms with E-state index in [1.165, 1.54) is 0 Å². The number of benzene rings is 1. The molecule has 0 unspecified atom stereocenters. The predicted molar refractivity (Wildman–Crippen MR) is 59.5 cm³/mol. The first-order chi connectivity index (χ1) is 7.35. The molecule has 0 spiro atoms. The molecule has 1 aromatic heterocycles. The summed E-state index contributed by atoms with van der Waals surface area (Å²) in [7, 11) is 1.67. The number of imidazole rings is 1. The van der Waals surface area contributed by atoms with E-state index in [0.717, 1.165) is 23.7 Å². The first-order valence-corrected chi connectivity index (χ1v) is 5.01. The van der Waals surface area contributed by atoms with E-state index in [1.54, 1.807) is 7.11 Å². The molecule has 3 nitrogen and oxygen atoms in total. The first-order valence-electron chi connectivity index (χ1n) is 5.01. The average molecular weight is 202 g/mol. The maximum absolute atomic E-state index is 5.19. The summed E-state index contributed by atoms with van der Waals surface area (Å²) in [5.74, 6) is 1.92. The summed E-state index contributed by atoms with van der Waals surface area (Å²) in [6, 6.07) is 7.96. The number of nitrogens with zero attached hydrogens (tertiary/aromatic N) is 2. The Morgan fingerprint density at radius 2 is 2.27 bits per heavy atom. The van der Waals surface area contributed by atoms with Gasteiger partial charge in [-0.05, 0) is 12.1 Å². The largest absolute Gasteiger partial charge is 0.497 e. The van der Waals surface area contributed by atoms with Gasteiger partial charge in [-0.2, -0.15) is 0 Å². The van der Waals surface area contributed by atoms with E-state index < -0.39 is 0 Å². The molecular weight excluding hydrogens is 188 g/mol. The zero-order chi connectivity index (χ0) is 10.7. The Bertz CT molecular complexity index is 448. The molecule has 15 heavy (non-hydrogen) atoms. The number of ether oxygens (including phenoxy) is 1. The Labute approximate surface area is 89.3 Å². The molecule has 1 aromatic carbocycles. The van der Waals surface area contributed by atoms with Gasteiger partial charge in [0, 0.05) is 24.9 Å². The zero-order valence-corrected chi connectivity index (χ0v) is 8.97. The lowest BCUT2D eigenvalue weighted by Gasteiger charge is -2.07. The molecule has 0 amide bonds. The maximum atomic E-state index is 5.19. The van der Waals surface area contributed by atoms with Gasteiger partial charge in [0.15, 0.2) is 0 Å². The molecule has 0 aliphatic heterocycles. The van der Waals surface area contributed by atoms with Crippen molar-refractivity contribution < 1.29 is 4.74 Å². The quantitative estimate of drug-likeness (QED) is 0.764. The van der Waals surface area contributed by atoms with Crippen molar-refractivity contribution in [1.82, 2.24) is 9.55 Å². The Morgan fingerprint density at radius 1 is 1.40 bits per heavy atom. The van der Waals surface area contributed by atoms with Crippen molar-refractivity contribution in [2.24, 2.45) is 0 Å². The second-order valence-corrected chi connectivity index (χ2v) is 3.27. The number of rotatable bonds is 3. The van der Waals surface area contributed by atoms with Gasteiger partial charge in [0.05, 0.1) is 12.8 Å². The smallest absolute Gasteiger partial charge is 0.120 e. The van der Waals surface area contributed by atoms with Crippen molar-refractivity contribution in [2.45, 2.75) is 13.3 Å². The monoisotopic (exact) mass is 202 g/mol. The van der Waals surface area contributed by atoms with Crippen molar-refractivity contribution >= 4 is 0 Å². The van der Waals surface area contributed by atoms with Gasteiger partial charge >= 0.3 is 0 Å². The van der Waals surface area contributed by atoms with E-state index in [-0.39, 0.29) is 0 Å². The lowest BCUT2D eigenvalue weighted by Crippen LogP contribution is -1.99. The Hall–Kier alpha value is -1.77. The Kier molecular flexibility index (Phi) is 2.72. The molecule has 0 aliphatic carbocycles. The van der Waals surface area contributed by atoms with E-state index in [9.17, 15) is 0 Å². The van der Waals surface area contributed by atoms with Crippen LogP contribution < -0.4 is 4.74 Å². The summed E-state index contributed by atoms with van der Waals surface area (Å²) in [6.45, 7) is 2.10. The van der Waals surface area contributed by atoms with Gasteiger partial charge in [-0.1, -0.05) is 13.0 Å². The molecule has 2 rings (SSSR count). The van der Waals surface area contributed by atoms with Crippen LogP contribution in [0, 0.1) is 0 Å². The van der Waals surface area contributed by atoms with Gasteiger partial charge < -0.3 is 9.30 Å². The predicted octanol–water partition coefficient (Wildman–Crippen LogP) is 2.44. The molecule has 0 saturated heterocycles. The number of hydrogen-bond donors (Lipinski definition) is 0. The van der Waals surface area contributed by atoms with Crippen LogP contribution >= 0.6 is 0 Å². The lowest BCUT2D eigenvalue weighted by molar-refractivity contribution is 0.414. The molecule has 0 N–H and O–H groups in total. The number of hydrogen-bond acceptors (Lipinski definition) is 2. The fourth-order valence-corrected chi connectivity index (χ4v) is 1.59. The Balaban J connectivity index is 2.44. The van der Waals surface area contributed by atoms with Crippen molar-refractivity contribution in [2.75, 3.05) is 7.11 Å². The molecule has 0 aliphatic rings. The van der Waals surface area contributed by atoms with Gasteiger partial charge in [0.2, 0.25) is 0 Å². The highest BCUT2D eigenvalue weighted by Crippen LogP contribution is 2.17. The van der Waals surface area contributed by atoms with Gasteiger partial charge in [0.1, 0.15) is 11.6 Å². The first kappa shape index (κ1) is 9.77. The van der Waals surface area contributed by atoms with Crippen LogP contribution in [-0.4, -0.2) is 16.7 Å². The fraction of sp³-hybridized carbons (Fsp3) is 0.250. The Morgan fingerprint density at radius 3 is 3.00 bits per heavy atom. The van der Waals surface area contributed by atoms with Crippen LogP contribution in [0.2, 0.25) is 0 Å². The molecule has 0 fully saturated rings. The third kappa shape index (κ3) is 1.86. The molecule has 0 atom stereocenters. The van der Waals surface area contributed by atoms with Crippen molar-refractivity contribution in [3.8, 4) is 11.4 Å². The summed E-state index contributed by atoms with van der Waals surface area (Å²) in [6.07, 6.45) is 4.70. The lowest BCUT2D eigenvalue weighted by atomic mass is 10.3. The highest BCUT2D eigenvalue weighted by atomic mass is 16.5. The second kappa shape index (κ2) is 4.17. The molecule has 0 radical (unpaired) electrons. The van der Waals surface area contributed by atoms with Gasteiger partial charge in [-0.3, -0.25) is 0 Å². The van der Waals surface area contributed by atoms with E-state index in [1.807, 2.05) is 36.7 Å². The minimum Gasteiger partial charge on any atom is -0.497 e. The van der Waals surface area contributed by atoms with Crippen LogP contribution in [0.15, 0.2) is 36.7 Å². The topological polar surface area (TPSA) is 27.1 Å². The van der Waals surface area contributed by atoms with Gasteiger partial charge in [0.25, 0.3) is 0 Å². The molecule has 3 heteroatoms. The zero-order valence-electron chi connectivity index (χ0n) is 8.97. The number of aryl methyl sites for hydroxylation is 1. The van der Waals surface area contributed by atoms with Gasteiger partial charge in [-0.15, -0.1) is 0 Å². The SMILES string of the molecule is CCc1nccn1-c1cccc(OC)c1. The third-order valence-corrected chi connectivity index (χ3v) is 2.37. The summed E-state index contributed by atoms with van der Waals surface area (Å²) >= 11 is 0. The minimum atomic E-state index is 0.864. The molecule has 0 bridgehead atoms. The van der Waals surface area contributed by atoms with Gasteiger partial charge in [-0.25, -0.2) is 4.98 Å². The van der Waals surface area contributed by atoms with E-state index >= 15 is 0 Å². The number of methoxy groups -OCH3 is 1. The molecule has 0 saturated carbocycles. The third-order valence-electron chi connectivity index (χ3n) is 2.37. The van der Waals surface area contributed by atoms with E-state index in [0.29, 0.717) is 0 Å². The highest BCUT2D eigenvalue weighted by molar-refractivity contribution is 5.40. The van der Waals surface area contributed by atoms with Crippen LogP contribution in [0.1, 0.15) is 12.7 Å². The van der Waals surface area contributed by atoms with Crippen LogP contribution in [0.5, 0.6) is 5.75 Å². The van der Waals surface area contributed by atoms with Crippen LogP contribution in [0.4, 0.5) is 0 Å².